The summed E-state index contributed by atoms with van der Waals surface area (Å²) in [5, 5.41) is 0. The van der Waals surface area contributed by atoms with Crippen LogP contribution < -0.4 is 4.90 Å². The molecule has 0 amide bonds. The van der Waals surface area contributed by atoms with Gasteiger partial charge in [0, 0.05) is 43.6 Å². The number of rotatable bonds is 4. The van der Waals surface area contributed by atoms with Gasteiger partial charge in [-0.15, -0.1) is 0 Å². The van der Waals surface area contributed by atoms with Crippen molar-refractivity contribution in [2.24, 2.45) is 0 Å². The summed E-state index contributed by atoms with van der Waals surface area (Å²) in [6.07, 6.45) is 1.63. The van der Waals surface area contributed by atoms with Crippen molar-refractivity contribution in [2.45, 2.75) is 26.4 Å². The normalized spacial score (nSPS) is 15.2. The first-order valence-electron chi connectivity index (χ1n) is 7.40. The molecule has 0 unspecified atom stereocenters. The average molecular weight is 301 g/mol. The van der Waals surface area contributed by atoms with Crippen LogP contribution in [0, 0.1) is 19.7 Å². The fourth-order valence-electron chi connectivity index (χ4n) is 2.68. The summed E-state index contributed by atoms with van der Waals surface area (Å²) in [6, 6.07) is 5.46. The maximum atomic E-state index is 13.6. The number of aryl methyl sites for hydroxylation is 2. The molecule has 0 spiro atoms. The van der Waals surface area contributed by atoms with E-state index in [1.807, 2.05) is 27.0 Å². The average Bonchev–Trinajstić information content (AvgIpc) is 2.38. The molecule has 2 aromatic rings. The predicted octanol–water partition coefficient (Wildman–Crippen LogP) is 1.95. The van der Waals surface area contributed by atoms with E-state index in [0.717, 1.165) is 30.4 Å². The summed E-state index contributed by atoms with van der Waals surface area (Å²) in [7, 11) is 2.01. The molecule has 3 heterocycles. The van der Waals surface area contributed by atoms with E-state index in [1.165, 1.54) is 6.07 Å². The zero-order chi connectivity index (χ0) is 15.7. The summed E-state index contributed by atoms with van der Waals surface area (Å²) >= 11 is 0. The largest absolute Gasteiger partial charge is 0.353 e. The molecule has 3 rings (SSSR count). The molecule has 1 aliphatic heterocycles. The van der Waals surface area contributed by atoms with E-state index in [2.05, 4.69) is 24.8 Å². The van der Waals surface area contributed by atoms with Crippen LogP contribution in [0.3, 0.4) is 0 Å². The number of aromatic nitrogens is 3. The molecule has 0 N–H and O–H groups in total. The molecule has 6 heteroatoms. The molecule has 0 atom stereocenters. The van der Waals surface area contributed by atoms with Gasteiger partial charge in [0.2, 0.25) is 0 Å². The molecular weight excluding hydrogens is 281 g/mol. The predicted molar refractivity (Wildman–Crippen MR) is 83.2 cm³/mol. The fourth-order valence-corrected chi connectivity index (χ4v) is 2.68. The zero-order valence-electron chi connectivity index (χ0n) is 13.1. The smallest absolute Gasteiger partial charge is 0.146 e. The second kappa shape index (κ2) is 5.96. The summed E-state index contributed by atoms with van der Waals surface area (Å²) in [6.45, 7) is 6.18. The van der Waals surface area contributed by atoms with Crippen LogP contribution in [0.4, 0.5) is 10.2 Å². The summed E-state index contributed by atoms with van der Waals surface area (Å²) in [5.74, 6) is 1.52. The van der Waals surface area contributed by atoms with Gasteiger partial charge in [-0.25, -0.2) is 14.4 Å². The second-order valence-corrected chi connectivity index (χ2v) is 5.82. The first-order chi connectivity index (χ1) is 10.5. The van der Waals surface area contributed by atoms with Gasteiger partial charge in [-0.2, -0.15) is 0 Å². The Morgan fingerprint density at radius 1 is 1.32 bits per heavy atom. The van der Waals surface area contributed by atoms with Gasteiger partial charge in [-0.1, -0.05) is 0 Å². The highest BCUT2D eigenvalue weighted by molar-refractivity contribution is 5.43. The van der Waals surface area contributed by atoms with E-state index in [9.17, 15) is 4.39 Å². The van der Waals surface area contributed by atoms with E-state index < -0.39 is 0 Å². The minimum absolute atomic E-state index is 0.243. The highest BCUT2D eigenvalue weighted by Crippen LogP contribution is 2.23. The monoisotopic (exact) mass is 301 g/mol. The molecule has 0 aliphatic carbocycles. The Bertz CT molecular complexity index is 649. The Hall–Kier alpha value is -2.08. The lowest BCUT2D eigenvalue weighted by Crippen LogP contribution is -2.58. The maximum absolute atomic E-state index is 13.6. The number of nitrogens with zero attached hydrogens (tertiary/aromatic N) is 5. The van der Waals surface area contributed by atoms with E-state index in [4.69, 9.17) is 0 Å². The Labute approximate surface area is 129 Å². The first kappa shape index (κ1) is 14.8. The minimum atomic E-state index is -0.243. The van der Waals surface area contributed by atoms with Crippen LogP contribution in [0.5, 0.6) is 0 Å². The molecule has 1 aliphatic rings. The Kier molecular flexibility index (Phi) is 4.02. The van der Waals surface area contributed by atoms with Gasteiger partial charge in [0.15, 0.2) is 0 Å². The van der Waals surface area contributed by atoms with Crippen molar-refractivity contribution in [3.8, 4) is 0 Å². The standard InChI is InChI=1S/C16H20FN5/c1-11-7-16(20-12(2)19-11)22-8-13(9-22)21(3)10-15-14(17)5-4-6-18-15/h4-7,13H,8-10H2,1-3H3. The van der Waals surface area contributed by atoms with E-state index in [-0.39, 0.29) is 5.82 Å². The van der Waals surface area contributed by atoms with Gasteiger partial charge >= 0.3 is 0 Å². The number of hydrogen-bond donors (Lipinski definition) is 0. The number of pyridine rings is 1. The van der Waals surface area contributed by atoms with Crippen molar-refractivity contribution in [3.63, 3.8) is 0 Å². The van der Waals surface area contributed by atoms with Gasteiger partial charge in [0.05, 0.1) is 5.69 Å². The molecule has 0 aromatic carbocycles. The first-order valence-corrected chi connectivity index (χ1v) is 7.40. The molecule has 2 aromatic heterocycles. The molecule has 116 valence electrons. The third kappa shape index (κ3) is 3.06. The van der Waals surface area contributed by atoms with Gasteiger partial charge in [-0.05, 0) is 33.0 Å². The van der Waals surface area contributed by atoms with Crippen molar-refractivity contribution in [3.05, 3.63) is 47.4 Å². The van der Waals surface area contributed by atoms with Crippen LogP contribution in [0.1, 0.15) is 17.2 Å². The fraction of sp³-hybridized carbons (Fsp3) is 0.438. The van der Waals surface area contributed by atoms with E-state index in [1.54, 1.807) is 12.3 Å². The number of hydrogen-bond acceptors (Lipinski definition) is 5. The molecule has 0 radical (unpaired) electrons. The number of anilines is 1. The molecule has 0 saturated carbocycles. The lowest BCUT2D eigenvalue weighted by Gasteiger charge is -2.44. The van der Waals surface area contributed by atoms with Gasteiger partial charge in [-0.3, -0.25) is 9.88 Å². The van der Waals surface area contributed by atoms with Crippen LogP contribution in [0.2, 0.25) is 0 Å². The van der Waals surface area contributed by atoms with Crippen molar-refractivity contribution >= 4 is 5.82 Å². The zero-order valence-corrected chi connectivity index (χ0v) is 13.1. The van der Waals surface area contributed by atoms with Gasteiger partial charge < -0.3 is 4.90 Å². The van der Waals surface area contributed by atoms with Crippen LogP contribution in [0.15, 0.2) is 24.4 Å². The van der Waals surface area contributed by atoms with Gasteiger partial charge in [0.25, 0.3) is 0 Å². The minimum Gasteiger partial charge on any atom is -0.353 e. The second-order valence-electron chi connectivity index (χ2n) is 5.82. The van der Waals surface area contributed by atoms with E-state index >= 15 is 0 Å². The molecule has 22 heavy (non-hydrogen) atoms. The molecule has 5 nitrogen and oxygen atoms in total. The van der Waals surface area contributed by atoms with Crippen molar-refractivity contribution < 1.29 is 4.39 Å². The third-order valence-electron chi connectivity index (χ3n) is 4.00. The van der Waals surface area contributed by atoms with Crippen LogP contribution in [-0.2, 0) is 6.54 Å². The Balaban J connectivity index is 1.60. The Morgan fingerprint density at radius 2 is 2.09 bits per heavy atom. The van der Waals surface area contributed by atoms with Crippen LogP contribution in [0.25, 0.3) is 0 Å². The number of halogens is 1. The van der Waals surface area contributed by atoms with Crippen molar-refractivity contribution in [1.82, 2.24) is 19.9 Å². The lowest BCUT2D eigenvalue weighted by atomic mass is 10.1. The SMILES string of the molecule is Cc1cc(N2CC(N(C)Cc3ncccc3F)C2)nc(C)n1. The molecule has 1 saturated heterocycles. The number of likely N-dealkylation sites (N-methyl/N-ethyl adjacent to an activating group) is 1. The van der Waals surface area contributed by atoms with Crippen LogP contribution in [-0.4, -0.2) is 46.0 Å². The molecule has 0 bridgehead atoms. The lowest BCUT2D eigenvalue weighted by molar-refractivity contribution is 0.192. The summed E-state index contributed by atoms with van der Waals surface area (Å²) in [5.41, 5.74) is 1.48. The van der Waals surface area contributed by atoms with E-state index in [0.29, 0.717) is 18.3 Å². The Morgan fingerprint density at radius 3 is 2.77 bits per heavy atom. The topological polar surface area (TPSA) is 45.2 Å². The quantitative estimate of drug-likeness (QED) is 0.863. The highest BCUT2D eigenvalue weighted by atomic mass is 19.1. The maximum Gasteiger partial charge on any atom is 0.146 e. The van der Waals surface area contributed by atoms with Crippen molar-refractivity contribution in [2.75, 3.05) is 25.0 Å². The van der Waals surface area contributed by atoms with Crippen molar-refractivity contribution in [1.29, 1.82) is 0 Å². The third-order valence-corrected chi connectivity index (χ3v) is 4.00. The summed E-state index contributed by atoms with van der Waals surface area (Å²) < 4.78 is 13.6. The highest BCUT2D eigenvalue weighted by Gasteiger charge is 2.31. The van der Waals surface area contributed by atoms with Crippen LogP contribution >= 0.6 is 0 Å². The molecular formula is C16H20FN5. The molecule has 1 fully saturated rings. The van der Waals surface area contributed by atoms with Gasteiger partial charge in [0.1, 0.15) is 17.5 Å². The summed E-state index contributed by atoms with van der Waals surface area (Å²) in [4.78, 5) is 17.2.